The van der Waals surface area contributed by atoms with E-state index in [-0.39, 0.29) is 6.42 Å². The van der Waals surface area contributed by atoms with Crippen LogP contribution < -0.4 is 0 Å². The van der Waals surface area contributed by atoms with Gasteiger partial charge in [0, 0.05) is 6.42 Å². The summed E-state index contributed by atoms with van der Waals surface area (Å²) in [6.07, 6.45) is 8.16. The van der Waals surface area contributed by atoms with Crippen LogP contribution in [0.4, 0.5) is 0 Å². The first kappa shape index (κ1) is 21.7. The van der Waals surface area contributed by atoms with Crippen molar-refractivity contribution in [2.75, 3.05) is 6.35 Å². The van der Waals surface area contributed by atoms with Crippen molar-refractivity contribution < 1.29 is 24.0 Å². The second-order valence-corrected chi connectivity index (χ2v) is 9.73. The summed E-state index contributed by atoms with van der Waals surface area (Å²) in [5, 5.41) is 7.61. The lowest BCUT2D eigenvalue weighted by molar-refractivity contribution is 0.350. The minimum absolute atomic E-state index is 0.185. The van der Waals surface area contributed by atoms with Gasteiger partial charge in [-0.2, -0.15) is 0 Å². The summed E-state index contributed by atoms with van der Waals surface area (Å²) in [5.74, 6) is 0. The maximum absolute atomic E-state index is 11.5. The molecule has 128 valence electrons. The highest BCUT2D eigenvalue weighted by Gasteiger charge is 2.43. The van der Waals surface area contributed by atoms with Crippen LogP contribution in [0.1, 0.15) is 59.3 Å². The zero-order valence-corrected chi connectivity index (χ0v) is 15.5. The molecule has 2 atom stereocenters. The summed E-state index contributed by atoms with van der Waals surface area (Å²) < 4.78 is 22.8. The van der Waals surface area contributed by atoms with Crippen LogP contribution in [0.5, 0.6) is 0 Å². The molecule has 0 radical (unpaired) electrons. The number of aliphatic hydroxyl groups excluding tert-OH is 1. The van der Waals surface area contributed by atoms with Crippen molar-refractivity contribution in [1.29, 1.82) is 0 Å². The Kier molecular flexibility index (Phi) is 11.1. The molecule has 0 aromatic heterocycles. The molecule has 0 aromatic carbocycles. The van der Waals surface area contributed by atoms with Crippen LogP contribution in [-0.2, 0) is 9.13 Å². The molecule has 5 nitrogen and oxygen atoms in total. The van der Waals surface area contributed by atoms with Crippen LogP contribution in [0.2, 0.25) is 0 Å². The molecule has 0 fully saturated rings. The molecule has 22 heavy (non-hydrogen) atoms. The van der Waals surface area contributed by atoms with Gasteiger partial charge in [-0.15, -0.1) is 0 Å². The first-order valence-electron chi connectivity index (χ1n) is 7.57. The standard InChI is InChI=1S/C15H28O5P2/c1-13(2)8-7-10-14(3)9-5-4-6-11-15(21(17)12-16)22(18,19)20/h8-9,15-16H,4-7,10-12H2,1-3H3,(H-,18,19,20)/p+1. The number of hydrogen-bond acceptors (Lipinski definition) is 3. The molecule has 0 aliphatic carbocycles. The maximum atomic E-state index is 11.5. The Balaban J connectivity index is 4.11. The molecule has 0 saturated heterocycles. The van der Waals surface area contributed by atoms with E-state index in [4.69, 9.17) is 14.9 Å². The predicted octanol–water partition coefficient (Wildman–Crippen LogP) is 4.52. The number of allylic oxidation sites excluding steroid dienone is 4. The van der Waals surface area contributed by atoms with Crippen molar-refractivity contribution >= 4 is 15.4 Å². The van der Waals surface area contributed by atoms with Crippen LogP contribution in [0, 0.1) is 0 Å². The fourth-order valence-electron chi connectivity index (χ4n) is 2.08. The Morgan fingerprint density at radius 3 is 2.27 bits per heavy atom. The first-order valence-corrected chi connectivity index (χ1v) is 10.8. The lowest BCUT2D eigenvalue weighted by Crippen LogP contribution is -2.05. The van der Waals surface area contributed by atoms with E-state index in [1.165, 1.54) is 11.1 Å². The number of aliphatic hydroxyl groups is 1. The average Bonchev–Trinajstić information content (AvgIpc) is 2.40. The highest BCUT2D eigenvalue weighted by atomic mass is 31.2. The molecule has 0 aliphatic heterocycles. The minimum atomic E-state index is -4.41. The molecule has 0 heterocycles. The van der Waals surface area contributed by atoms with Gasteiger partial charge in [-0.1, -0.05) is 27.9 Å². The van der Waals surface area contributed by atoms with Gasteiger partial charge in [0.1, 0.15) is 0 Å². The van der Waals surface area contributed by atoms with E-state index in [9.17, 15) is 9.13 Å². The molecule has 0 spiro atoms. The molecule has 7 heteroatoms. The molecule has 0 aliphatic rings. The van der Waals surface area contributed by atoms with Crippen molar-refractivity contribution in [1.82, 2.24) is 0 Å². The quantitative estimate of drug-likeness (QED) is 0.289. The minimum Gasteiger partial charge on any atom is -0.353 e. The first-order chi connectivity index (χ1) is 10.2. The van der Waals surface area contributed by atoms with E-state index in [1.807, 2.05) is 0 Å². The van der Waals surface area contributed by atoms with Crippen LogP contribution >= 0.6 is 15.4 Å². The third kappa shape index (κ3) is 10.4. The summed E-state index contributed by atoms with van der Waals surface area (Å²) in [4.78, 5) is 18.3. The SMILES string of the molecule is CC(C)=CCCC(C)=CCCCCC([P+](=O)CO)P(=O)(O)O. The second-order valence-electron chi connectivity index (χ2n) is 5.78. The van der Waals surface area contributed by atoms with E-state index < -0.39 is 27.1 Å². The van der Waals surface area contributed by atoms with Gasteiger partial charge in [0.05, 0.1) is 0 Å². The third-order valence-electron chi connectivity index (χ3n) is 3.36. The van der Waals surface area contributed by atoms with Crippen LogP contribution in [0.15, 0.2) is 23.3 Å². The molecule has 0 bridgehead atoms. The molecule has 0 amide bonds. The lowest BCUT2D eigenvalue weighted by Gasteiger charge is -2.08. The Morgan fingerprint density at radius 2 is 1.77 bits per heavy atom. The van der Waals surface area contributed by atoms with Gasteiger partial charge in [-0.25, -0.2) is 0 Å². The molecular weight excluding hydrogens is 322 g/mol. The van der Waals surface area contributed by atoms with E-state index in [0.717, 1.165) is 25.7 Å². The largest absolute Gasteiger partial charge is 0.382 e. The molecule has 0 saturated carbocycles. The molecule has 3 N–H and O–H groups in total. The average molecular weight is 351 g/mol. The number of hydrogen-bond donors (Lipinski definition) is 3. The summed E-state index contributed by atoms with van der Waals surface area (Å²) >= 11 is 0. The van der Waals surface area contributed by atoms with Crippen molar-refractivity contribution in [3.63, 3.8) is 0 Å². The van der Waals surface area contributed by atoms with Gasteiger partial charge in [0.25, 0.3) is 5.40 Å². The van der Waals surface area contributed by atoms with Gasteiger partial charge in [-0.05, 0) is 52.9 Å². The van der Waals surface area contributed by atoms with Crippen molar-refractivity contribution in [2.24, 2.45) is 0 Å². The van der Waals surface area contributed by atoms with Gasteiger partial charge in [0.2, 0.25) is 6.35 Å². The molecule has 2 unspecified atom stereocenters. The van der Waals surface area contributed by atoms with Gasteiger partial charge in [0.15, 0.2) is 0 Å². The van der Waals surface area contributed by atoms with Gasteiger partial charge >= 0.3 is 15.4 Å². The van der Waals surface area contributed by atoms with Crippen LogP contribution in [0.25, 0.3) is 0 Å². The summed E-state index contributed by atoms with van der Waals surface area (Å²) in [6.45, 7) is 6.24. The Bertz CT molecular complexity index is 447. The van der Waals surface area contributed by atoms with Crippen molar-refractivity contribution in [3.8, 4) is 0 Å². The topological polar surface area (TPSA) is 94.8 Å². The fraction of sp³-hybridized carbons (Fsp3) is 0.733. The van der Waals surface area contributed by atoms with E-state index in [2.05, 4.69) is 32.9 Å². The summed E-state index contributed by atoms with van der Waals surface area (Å²) in [6, 6.07) is 0. The highest BCUT2D eigenvalue weighted by Crippen LogP contribution is 2.55. The second kappa shape index (κ2) is 11.3. The predicted molar refractivity (Wildman–Crippen MR) is 91.4 cm³/mol. The van der Waals surface area contributed by atoms with E-state index in [0.29, 0.717) is 6.42 Å². The normalized spacial score (nSPS) is 14.6. The van der Waals surface area contributed by atoms with Gasteiger partial charge in [-0.3, -0.25) is 4.57 Å². The molecule has 0 rings (SSSR count). The van der Waals surface area contributed by atoms with E-state index >= 15 is 0 Å². The number of unbranched alkanes of at least 4 members (excludes halogenated alkanes) is 2. The van der Waals surface area contributed by atoms with Crippen LogP contribution in [0.3, 0.4) is 0 Å². The monoisotopic (exact) mass is 351 g/mol. The van der Waals surface area contributed by atoms with E-state index in [1.54, 1.807) is 0 Å². The Hall–Kier alpha value is -0.310. The van der Waals surface area contributed by atoms with Gasteiger partial charge < -0.3 is 14.9 Å². The summed E-state index contributed by atoms with van der Waals surface area (Å²) in [5.41, 5.74) is 2.62. The molecular formula is C15H29O5P2+. The smallest absolute Gasteiger partial charge is 0.353 e. The van der Waals surface area contributed by atoms with Crippen molar-refractivity contribution in [2.45, 2.75) is 64.7 Å². The summed E-state index contributed by atoms with van der Waals surface area (Å²) in [7, 11) is -6.66. The zero-order valence-electron chi connectivity index (χ0n) is 13.7. The third-order valence-corrected chi connectivity index (χ3v) is 7.27. The fourth-order valence-corrected chi connectivity index (χ4v) is 4.82. The number of rotatable bonds is 11. The molecule has 0 aromatic rings. The zero-order chi connectivity index (χ0) is 17.2. The Labute approximate surface area is 134 Å². The lowest BCUT2D eigenvalue weighted by atomic mass is 10.1. The highest BCUT2D eigenvalue weighted by molar-refractivity contribution is 7.67. The Morgan fingerprint density at radius 1 is 1.14 bits per heavy atom. The van der Waals surface area contributed by atoms with Crippen molar-refractivity contribution in [3.05, 3.63) is 23.3 Å². The van der Waals surface area contributed by atoms with Crippen LogP contribution in [-0.4, -0.2) is 26.6 Å². The maximum Gasteiger partial charge on any atom is 0.382 e.